The number of carbonyl (C=O) groups is 3. The molecule has 0 heterocycles. The molecule has 0 fully saturated rings. The number of ether oxygens (including phenoxy) is 3. The molecule has 6 heteroatoms. The average molecular weight is 895 g/mol. The zero-order chi connectivity index (χ0) is 46.5. The highest BCUT2D eigenvalue weighted by molar-refractivity contribution is 5.71. The molecule has 0 rings (SSSR count). The minimum Gasteiger partial charge on any atom is -0.462 e. The van der Waals surface area contributed by atoms with E-state index < -0.39 is 6.10 Å². The van der Waals surface area contributed by atoms with Crippen LogP contribution in [0.3, 0.4) is 0 Å². The summed E-state index contributed by atoms with van der Waals surface area (Å²) in [6.07, 6.45) is 64.8. The van der Waals surface area contributed by atoms with Gasteiger partial charge < -0.3 is 14.2 Å². The molecule has 370 valence electrons. The van der Waals surface area contributed by atoms with E-state index in [0.717, 1.165) is 83.5 Å². The molecule has 1 unspecified atom stereocenters. The quantitative estimate of drug-likeness (QED) is 0.0262. The molecule has 0 aliphatic heterocycles. The van der Waals surface area contributed by atoms with Crippen LogP contribution in [0.2, 0.25) is 0 Å². The van der Waals surface area contributed by atoms with Crippen LogP contribution in [-0.2, 0) is 28.6 Å². The van der Waals surface area contributed by atoms with E-state index in [1.54, 1.807) is 0 Å². The Labute approximate surface area is 396 Å². The highest BCUT2D eigenvalue weighted by atomic mass is 16.6. The Kier molecular flexibility index (Phi) is 50.4. The molecule has 0 N–H and O–H groups in total. The van der Waals surface area contributed by atoms with Crippen molar-refractivity contribution in [3.8, 4) is 0 Å². The SMILES string of the molecule is CCC\C=C/C=C\C=C/C=C\C=C/CCCCCCCC(=O)OCC(COC(=O)CCCCCCCCCCCCCC)OC(=O)CCCCCCCCCCCCCCCCCC. The van der Waals surface area contributed by atoms with Crippen molar-refractivity contribution >= 4 is 17.9 Å². The molecule has 0 aromatic heterocycles. The summed E-state index contributed by atoms with van der Waals surface area (Å²) in [7, 11) is 0. The van der Waals surface area contributed by atoms with Gasteiger partial charge in [0.1, 0.15) is 13.2 Å². The van der Waals surface area contributed by atoms with Gasteiger partial charge in [-0.15, -0.1) is 0 Å². The first-order valence-electron chi connectivity index (χ1n) is 27.4. The molecule has 0 saturated heterocycles. The van der Waals surface area contributed by atoms with Crippen LogP contribution in [0.4, 0.5) is 0 Å². The standard InChI is InChI=1S/C58H102O6/c1-4-7-10-13-16-19-22-25-27-29-30-32-33-36-39-42-45-48-51-57(60)63-54-55(53-62-56(59)50-47-44-41-38-35-24-21-18-15-12-9-6-3)64-58(61)52-49-46-43-40-37-34-31-28-26-23-20-17-14-11-8-5-2/h10,13,16,19,22,25,27,29-30,32,55H,4-9,11-12,14-15,17-18,20-21,23-24,26,28,31,33-54H2,1-3H3/b13-10-,19-16-,25-22-,29-27-,32-30-. The average Bonchev–Trinajstić information content (AvgIpc) is 3.29. The van der Waals surface area contributed by atoms with Crippen molar-refractivity contribution in [3.05, 3.63) is 60.8 Å². The summed E-state index contributed by atoms with van der Waals surface area (Å²) in [5.74, 6) is -0.894. The monoisotopic (exact) mass is 895 g/mol. The van der Waals surface area contributed by atoms with Crippen molar-refractivity contribution in [2.24, 2.45) is 0 Å². The van der Waals surface area contributed by atoms with E-state index in [2.05, 4.69) is 57.2 Å². The van der Waals surface area contributed by atoms with Crippen LogP contribution in [-0.4, -0.2) is 37.2 Å². The van der Waals surface area contributed by atoms with Gasteiger partial charge in [0.2, 0.25) is 0 Å². The third-order valence-corrected chi connectivity index (χ3v) is 11.9. The van der Waals surface area contributed by atoms with Crippen molar-refractivity contribution in [2.75, 3.05) is 13.2 Å². The number of esters is 3. The first-order chi connectivity index (χ1) is 31.5. The van der Waals surface area contributed by atoms with Crippen molar-refractivity contribution in [1.29, 1.82) is 0 Å². The predicted molar refractivity (Wildman–Crippen MR) is 275 cm³/mol. The molecule has 64 heavy (non-hydrogen) atoms. The van der Waals surface area contributed by atoms with Gasteiger partial charge in [-0.1, -0.05) is 274 Å². The molecule has 0 saturated carbocycles. The van der Waals surface area contributed by atoms with E-state index in [1.165, 1.54) is 148 Å². The molecule has 0 radical (unpaired) electrons. The summed E-state index contributed by atoms with van der Waals surface area (Å²) in [6.45, 7) is 6.55. The zero-order valence-electron chi connectivity index (χ0n) is 42.3. The summed E-state index contributed by atoms with van der Waals surface area (Å²) < 4.78 is 16.8. The summed E-state index contributed by atoms with van der Waals surface area (Å²) in [6, 6.07) is 0. The van der Waals surface area contributed by atoms with Gasteiger partial charge in [-0.2, -0.15) is 0 Å². The van der Waals surface area contributed by atoms with Crippen LogP contribution < -0.4 is 0 Å². The van der Waals surface area contributed by atoms with E-state index in [1.807, 2.05) is 24.3 Å². The molecule has 1 atom stereocenters. The second kappa shape index (κ2) is 52.7. The summed E-state index contributed by atoms with van der Waals surface area (Å²) in [5.41, 5.74) is 0. The maximum absolute atomic E-state index is 12.8. The Morgan fingerprint density at radius 1 is 0.312 bits per heavy atom. The van der Waals surface area contributed by atoms with Crippen LogP contribution in [0.15, 0.2) is 60.8 Å². The number of hydrogen-bond donors (Lipinski definition) is 0. The maximum atomic E-state index is 12.8. The van der Waals surface area contributed by atoms with Crippen LogP contribution in [0.5, 0.6) is 0 Å². The minimum absolute atomic E-state index is 0.0790. The second-order valence-electron chi connectivity index (χ2n) is 18.3. The molecule has 0 amide bonds. The Hall–Kier alpha value is -2.89. The summed E-state index contributed by atoms with van der Waals surface area (Å²) >= 11 is 0. The largest absolute Gasteiger partial charge is 0.462 e. The molecule has 0 aliphatic carbocycles. The zero-order valence-corrected chi connectivity index (χ0v) is 42.3. The fourth-order valence-electron chi connectivity index (χ4n) is 7.77. The highest BCUT2D eigenvalue weighted by Gasteiger charge is 2.19. The topological polar surface area (TPSA) is 78.9 Å². The number of allylic oxidation sites excluding steroid dienone is 10. The lowest BCUT2D eigenvalue weighted by molar-refractivity contribution is -0.167. The molecule has 0 aromatic carbocycles. The van der Waals surface area contributed by atoms with Crippen LogP contribution in [0.1, 0.15) is 271 Å². The fourth-order valence-corrected chi connectivity index (χ4v) is 7.77. The molecular weight excluding hydrogens is 793 g/mol. The number of carbonyl (C=O) groups excluding carboxylic acids is 3. The highest BCUT2D eigenvalue weighted by Crippen LogP contribution is 2.16. The Balaban J connectivity index is 4.40. The second-order valence-corrected chi connectivity index (χ2v) is 18.3. The van der Waals surface area contributed by atoms with E-state index in [9.17, 15) is 14.4 Å². The molecule has 0 spiro atoms. The Bertz CT molecular complexity index is 1170. The summed E-state index contributed by atoms with van der Waals surface area (Å²) in [4.78, 5) is 38.0. The van der Waals surface area contributed by atoms with Crippen molar-refractivity contribution in [2.45, 2.75) is 277 Å². The molecule has 0 aliphatic rings. The molecule has 6 nitrogen and oxygen atoms in total. The fraction of sp³-hybridized carbons (Fsp3) is 0.776. The minimum atomic E-state index is -0.781. The Morgan fingerprint density at radius 2 is 0.594 bits per heavy atom. The van der Waals surface area contributed by atoms with Gasteiger partial charge >= 0.3 is 17.9 Å². The van der Waals surface area contributed by atoms with Gasteiger partial charge in [0, 0.05) is 19.3 Å². The van der Waals surface area contributed by atoms with Crippen molar-refractivity contribution in [3.63, 3.8) is 0 Å². The predicted octanol–water partition coefficient (Wildman–Crippen LogP) is 18.0. The first-order valence-corrected chi connectivity index (χ1v) is 27.4. The third kappa shape index (κ3) is 50.1. The molecular formula is C58H102O6. The smallest absolute Gasteiger partial charge is 0.306 e. The van der Waals surface area contributed by atoms with Crippen LogP contribution in [0, 0.1) is 0 Å². The number of unbranched alkanes of at least 4 members (excludes halogenated alkanes) is 32. The van der Waals surface area contributed by atoms with Crippen LogP contribution >= 0.6 is 0 Å². The maximum Gasteiger partial charge on any atom is 0.306 e. The lowest BCUT2D eigenvalue weighted by Gasteiger charge is -2.18. The normalized spacial score (nSPS) is 12.5. The number of hydrogen-bond acceptors (Lipinski definition) is 6. The van der Waals surface area contributed by atoms with Gasteiger partial charge in [-0.25, -0.2) is 0 Å². The van der Waals surface area contributed by atoms with E-state index in [4.69, 9.17) is 14.2 Å². The third-order valence-electron chi connectivity index (χ3n) is 11.9. The molecule has 0 bridgehead atoms. The summed E-state index contributed by atoms with van der Waals surface area (Å²) in [5, 5.41) is 0. The lowest BCUT2D eigenvalue weighted by Crippen LogP contribution is -2.30. The van der Waals surface area contributed by atoms with Gasteiger partial charge in [-0.05, 0) is 38.5 Å². The Morgan fingerprint density at radius 3 is 0.938 bits per heavy atom. The van der Waals surface area contributed by atoms with Crippen molar-refractivity contribution < 1.29 is 28.6 Å². The lowest BCUT2D eigenvalue weighted by atomic mass is 10.0. The van der Waals surface area contributed by atoms with Gasteiger partial charge in [-0.3, -0.25) is 14.4 Å². The van der Waals surface area contributed by atoms with Crippen molar-refractivity contribution in [1.82, 2.24) is 0 Å². The number of rotatable bonds is 49. The van der Waals surface area contributed by atoms with Crippen LogP contribution in [0.25, 0.3) is 0 Å². The van der Waals surface area contributed by atoms with E-state index in [-0.39, 0.29) is 31.1 Å². The first kappa shape index (κ1) is 61.1. The van der Waals surface area contributed by atoms with Gasteiger partial charge in [0.15, 0.2) is 6.10 Å². The van der Waals surface area contributed by atoms with Gasteiger partial charge in [0.25, 0.3) is 0 Å². The van der Waals surface area contributed by atoms with E-state index >= 15 is 0 Å². The molecule has 0 aromatic rings. The van der Waals surface area contributed by atoms with Gasteiger partial charge in [0.05, 0.1) is 0 Å². The van der Waals surface area contributed by atoms with E-state index in [0.29, 0.717) is 19.3 Å².